The van der Waals surface area contributed by atoms with Crippen LogP contribution in [0.2, 0.25) is 0 Å². The van der Waals surface area contributed by atoms with E-state index in [1.54, 1.807) is 18.2 Å². The zero-order valence-electron chi connectivity index (χ0n) is 11.5. The topological polar surface area (TPSA) is 61.8 Å². The number of hydrogen-bond acceptors (Lipinski definition) is 5. The summed E-state index contributed by atoms with van der Waals surface area (Å²) in [5, 5.41) is 0. The molecule has 0 saturated carbocycles. The van der Waals surface area contributed by atoms with Crippen molar-refractivity contribution in [2.75, 3.05) is 13.4 Å². The summed E-state index contributed by atoms with van der Waals surface area (Å²) in [4.78, 5) is 23.9. The molecule has 0 N–H and O–H groups in total. The van der Waals surface area contributed by atoms with Gasteiger partial charge >= 0.3 is 5.97 Å². The van der Waals surface area contributed by atoms with Gasteiger partial charge in [0.25, 0.3) is 0 Å². The van der Waals surface area contributed by atoms with Crippen molar-refractivity contribution in [1.29, 1.82) is 0 Å². The van der Waals surface area contributed by atoms with Crippen molar-refractivity contribution in [3.63, 3.8) is 0 Å². The minimum absolute atomic E-state index is 0.125. The maximum Gasteiger partial charge on any atom is 0.309 e. The van der Waals surface area contributed by atoms with Gasteiger partial charge in [0.2, 0.25) is 6.79 Å². The number of benzene rings is 1. The molecule has 1 aliphatic heterocycles. The Bertz CT molecular complexity index is 590. The highest BCUT2D eigenvalue weighted by atomic mass is 16.7. The normalized spacial score (nSPS) is 19.3. The average Bonchev–Trinajstić information content (AvgIpc) is 3.00. The molecule has 1 aromatic carbocycles. The van der Waals surface area contributed by atoms with E-state index < -0.39 is 0 Å². The molecule has 0 bridgehead atoms. The van der Waals surface area contributed by atoms with E-state index in [2.05, 4.69) is 6.08 Å². The van der Waals surface area contributed by atoms with Crippen LogP contribution in [-0.4, -0.2) is 25.2 Å². The molecule has 1 aliphatic carbocycles. The smallest absolute Gasteiger partial charge is 0.309 e. The number of carbonyl (C=O) groups is 2. The number of carbonyl (C=O) groups excluding carboxylic acids is 2. The fraction of sp³-hybridized carbons (Fsp3) is 0.375. The third-order valence-electron chi connectivity index (χ3n) is 3.64. The third-order valence-corrected chi connectivity index (χ3v) is 3.64. The average molecular weight is 288 g/mol. The van der Waals surface area contributed by atoms with Crippen molar-refractivity contribution < 1.29 is 23.8 Å². The molecule has 0 spiro atoms. The number of ketones is 1. The van der Waals surface area contributed by atoms with Crippen LogP contribution < -0.4 is 9.47 Å². The molecule has 0 radical (unpaired) electrons. The Hall–Kier alpha value is -2.30. The lowest BCUT2D eigenvalue weighted by Crippen LogP contribution is -2.22. The quantitative estimate of drug-likeness (QED) is 0.484. The van der Waals surface area contributed by atoms with Crippen LogP contribution in [0.3, 0.4) is 0 Å². The van der Waals surface area contributed by atoms with Gasteiger partial charge in [-0.1, -0.05) is 12.2 Å². The number of fused-ring (bicyclic) bond motifs is 1. The van der Waals surface area contributed by atoms with Crippen LogP contribution in [0.4, 0.5) is 0 Å². The summed E-state index contributed by atoms with van der Waals surface area (Å²) in [5.74, 6) is 0.503. The van der Waals surface area contributed by atoms with E-state index in [1.807, 2.05) is 6.08 Å². The molecular formula is C16H16O5. The van der Waals surface area contributed by atoms with Gasteiger partial charge in [0.05, 0.1) is 5.92 Å². The lowest BCUT2D eigenvalue weighted by Gasteiger charge is -2.16. The summed E-state index contributed by atoms with van der Waals surface area (Å²) in [5.41, 5.74) is 0.454. The highest BCUT2D eigenvalue weighted by molar-refractivity contribution is 5.98. The zero-order valence-corrected chi connectivity index (χ0v) is 11.5. The van der Waals surface area contributed by atoms with Crippen molar-refractivity contribution in [2.45, 2.75) is 19.3 Å². The molecule has 0 fully saturated rings. The third kappa shape index (κ3) is 3.07. The van der Waals surface area contributed by atoms with Crippen molar-refractivity contribution in [3.05, 3.63) is 35.9 Å². The van der Waals surface area contributed by atoms with Gasteiger partial charge in [0.15, 0.2) is 23.9 Å². The van der Waals surface area contributed by atoms with Crippen LogP contribution in [0, 0.1) is 5.92 Å². The van der Waals surface area contributed by atoms with Gasteiger partial charge < -0.3 is 14.2 Å². The Kier molecular flexibility index (Phi) is 3.90. The molecule has 0 unspecified atom stereocenters. The SMILES string of the molecule is O=C(COC(=O)[C@H]1CC=CCC1)c1ccc2c(c1)OCO2. The van der Waals surface area contributed by atoms with E-state index in [1.165, 1.54) is 0 Å². The van der Waals surface area contributed by atoms with E-state index in [9.17, 15) is 9.59 Å². The fourth-order valence-corrected chi connectivity index (χ4v) is 2.42. The first-order valence-corrected chi connectivity index (χ1v) is 6.98. The van der Waals surface area contributed by atoms with Gasteiger partial charge in [-0.2, -0.15) is 0 Å². The lowest BCUT2D eigenvalue weighted by atomic mass is 9.95. The highest BCUT2D eigenvalue weighted by Crippen LogP contribution is 2.32. The fourth-order valence-electron chi connectivity index (χ4n) is 2.42. The zero-order chi connectivity index (χ0) is 14.7. The van der Waals surface area contributed by atoms with E-state index in [0.29, 0.717) is 23.5 Å². The van der Waals surface area contributed by atoms with Crippen molar-refractivity contribution in [1.82, 2.24) is 0 Å². The largest absolute Gasteiger partial charge is 0.457 e. The maximum atomic E-state index is 12.0. The van der Waals surface area contributed by atoms with Crippen LogP contribution in [0.5, 0.6) is 11.5 Å². The minimum atomic E-state index is -0.298. The Labute approximate surface area is 122 Å². The van der Waals surface area contributed by atoms with Crippen LogP contribution in [0.1, 0.15) is 29.6 Å². The Morgan fingerprint density at radius 2 is 2.05 bits per heavy atom. The predicted octanol–water partition coefficient (Wildman–Crippen LogP) is 2.50. The van der Waals surface area contributed by atoms with Gasteiger partial charge in [-0.3, -0.25) is 9.59 Å². The number of Topliss-reactive ketones (excluding diaryl/α,β-unsaturated/α-hetero) is 1. The molecule has 1 aromatic rings. The van der Waals surface area contributed by atoms with Gasteiger partial charge in [-0.15, -0.1) is 0 Å². The number of rotatable bonds is 4. The highest BCUT2D eigenvalue weighted by Gasteiger charge is 2.22. The molecule has 5 heteroatoms. The molecule has 3 rings (SSSR count). The first-order valence-electron chi connectivity index (χ1n) is 6.98. The molecule has 2 aliphatic rings. The van der Waals surface area contributed by atoms with Crippen molar-refractivity contribution in [2.24, 2.45) is 5.92 Å². The number of ether oxygens (including phenoxy) is 3. The number of hydrogen-bond donors (Lipinski definition) is 0. The summed E-state index contributed by atoms with van der Waals surface area (Å²) in [6.45, 7) is -0.0736. The summed E-state index contributed by atoms with van der Waals surface area (Å²) in [6.07, 6.45) is 6.40. The Morgan fingerprint density at radius 1 is 1.19 bits per heavy atom. The second-order valence-corrected chi connectivity index (χ2v) is 5.08. The Balaban J connectivity index is 1.56. The maximum absolute atomic E-state index is 12.0. The monoisotopic (exact) mass is 288 g/mol. The van der Waals surface area contributed by atoms with E-state index in [0.717, 1.165) is 12.8 Å². The summed E-state index contributed by atoms with van der Waals surface area (Å²) in [7, 11) is 0. The molecule has 0 amide bonds. The molecule has 0 saturated heterocycles. The minimum Gasteiger partial charge on any atom is -0.457 e. The van der Waals surface area contributed by atoms with Crippen LogP contribution in [0.15, 0.2) is 30.4 Å². The van der Waals surface area contributed by atoms with E-state index in [-0.39, 0.29) is 31.1 Å². The van der Waals surface area contributed by atoms with Crippen LogP contribution in [0.25, 0.3) is 0 Å². The molecule has 110 valence electrons. The summed E-state index contributed by atoms with van der Waals surface area (Å²) in [6, 6.07) is 4.94. The molecule has 1 atom stereocenters. The molecule has 1 heterocycles. The van der Waals surface area contributed by atoms with E-state index >= 15 is 0 Å². The Morgan fingerprint density at radius 3 is 2.86 bits per heavy atom. The first kappa shape index (κ1) is 13.7. The van der Waals surface area contributed by atoms with Gasteiger partial charge in [0, 0.05) is 5.56 Å². The lowest BCUT2D eigenvalue weighted by molar-refractivity contribution is -0.147. The van der Waals surface area contributed by atoms with Gasteiger partial charge in [-0.25, -0.2) is 0 Å². The van der Waals surface area contributed by atoms with Gasteiger partial charge in [0.1, 0.15) is 0 Å². The van der Waals surface area contributed by atoms with E-state index in [4.69, 9.17) is 14.2 Å². The summed E-state index contributed by atoms with van der Waals surface area (Å²) < 4.78 is 15.5. The first-order chi connectivity index (χ1) is 10.2. The molecular weight excluding hydrogens is 272 g/mol. The van der Waals surface area contributed by atoms with Crippen LogP contribution >= 0.6 is 0 Å². The van der Waals surface area contributed by atoms with Crippen molar-refractivity contribution in [3.8, 4) is 11.5 Å². The second kappa shape index (κ2) is 5.99. The molecule has 21 heavy (non-hydrogen) atoms. The van der Waals surface area contributed by atoms with Gasteiger partial charge in [-0.05, 0) is 37.5 Å². The molecule has 0 aromatic heterocycles. The summed E-state index contributed by atoms with van der Waals surface area (Å²) >= 11 is 0. The number of allylic oxidation sites excluding steroid dienone is 2. The number of esters is 1. The van der Waals surface area contributed by atoms with Crippen LogP contribution in [-0.2, 0) is 9.53 Å². The predicted molar refractivity (Wildman–Crippen MR) is 74.3 cm³/mol. The van der Waals surface area contributed by atoms with Crippen molar-refractivity contribution >= 4 is 11.8 Å². The molecule has 5 nitrogen and oxygen atoms in total. The standard InChI is InChI=1S/C16H16O5/c17-13(9-19-16(18)11-4-2-1-3-5-11)12-6-7-14-15(8-12)21-10-20-14/h1-2,6-8,11H,3-5,9-10H2/t11-/m0/s1. The second-order valence-electron chi connectivity index (χ2n) is 5.08.